The zero-order valence-electron chi connectivity index (χ0n) is 12.6. The van der Waals surface area contributed by atoms with Crippen molar-refractivity contribution in [2.75, 3.05) is 19.6 Å². The van der Waals surface area contributed by atoms with Crippen LogP contribution in [0.2, 0.25) is 0 Å². The van der Waals surface area contributed by atoms with E-state index < -0.39 is 0 Å². The van der Waals surface area contributed by atoms with Crippen molar-refractivity contribution < 1.29 is 4.79 Å². The van der Waals surface area contributed by atoms with E-state index in [-0.39, 0.29) is 11.3 Å². The Morgan fingerprint density at radius 3 is 2.75 bits per heavy atom. The summed E-state index contributed by atoms with van der Waals surface area (Å²) in [5.74, 6) is 0.747. The molecule has 0 spiro atoms. The third-order valence-corrected chi connectivity index (χ3v) is 4.14. The van der Waals surface area contributed by atoms with Crippen LogP contribution in [0.25, 0.3) is 0 Å². The summed E-state index contributed by atoms with van der Waals surface area (Å²) in [4.78, 5) is 12.1. The number of piperidine rings is 1. The zero-order valence-corrected chi connectivity index (χ0v) is 12.6. The van der Waals surface area contributed by atoms with Gasteiger partial charge >= 0.3 is 0 Å². The molecule has 1 fully saturated rings. The standard InChI is InChI=1S/C17H26N2O/c1-17(2,15-8-4-3-5-9-15)11-16(20)19-13-14-7-6-10-18-12-14/h3-5,8-9,14,18H,6-7,10-13H2,1-2H3,(H,19,20). The summed E-state index contributed by atoms with van der Waals surface area (Å²) in [7, 11) is 0. The smallest absolute Gasteiger partial charge is 0.220 e. The average Bonchev–Trinajstić information content (AvgIpc) is 2.47. The molecule has 110 valence electrons. The van der Waals surface area contributed by atoms with Crippen LogP contribution in [0.5, 0.6) is 0 Å². The predicted molar refractivity (Wildman–Crippen MR) is 82.7 cm³/mol. The molecule has 1 heterocycles. The molecule has 1 atom stereocenters. The molecule has 0 radical (unpaired) electrons. The van der Waals surface area contributed by atoms with E-state index in [9.17, 15) is 4.79 Å². The molecule has 3 nitrogen and oxygen atoms in total. The predicted octanol–water partition coefficient (Wildman–Crippen LogP) is 2.47. The second kappa shape index (κ2) is 6.89. The monoisotopic (exact) mass is 274 g/mol. The van der Waals surface area contributed by atoms with Crippen LogP contribution in [0, 0.1) is 5.92 Å². The van der Waals surface area contributed by atoms with E-state index in [2.05, 4.69) is 36.6 Å². The molecule has 1 aliphatic heterocycles. The maximum Gasteiger partial charge on any atom is 0.220 e. The van der Waals surface area contributed by atoms with Crippen LogP contribution in [0.3, 0.4) is 0 Å². The van der Waals surface area contributed by atoms with E-state index in [1.54, 1.807) is 0 Å². The van der Waals surface area contributed by atoms with Crippen molar-refractivity contribution in [3.8, 4) is 0 Å². The number of hydrogen-bond donors (Lipinski definition) is 2. The molecule has 1 aromatic carbocycles. The molecular weight excluding hydrogens is 248 g/mol. The van der Waals surface area contributed by atoms with Gasteiger partial charge in [-0.3, -0.25) is 4.79 Å². The average molecular weight is 274 g/mol. The van der Waals surface area contributed by atoms with E-state index in [1.807, 2.05) is 18.2 Å². The lowest BCUT2D eigenvalue weighted by Crippen LogP contribution is -2.39. The van der Waals surface area contributed by atoms with Gasteiger partial charge in [-0.05, 0) is 42.8 Å². The number of nitrogens with one attached hydrogen (secondary N) is 2. The Bertz CT molecular complexity index is 422. The van der Waals surface area contributed by atoms with Crippen LogP contribution < -0.4 is 10.6 Å². The second-order valence-electron chi connectivity index (χ2n) is 6.44. The maximum atomic E-state index is 12.1. The molecule has 2 rings (SSSR count). The molecule has 1 aromatic rings. The molecule has 1 unspecified atom stereocenters. The van der Waals surface area contributed by atoms with E-state index >= 15 is 0 Å². The number of amides is 1. The van der Waals surface area contributed by atoms with Gasteiger partial charge in [0.25, 0.3) is 0 Å². The van der Waals surface area contributed by atoms with Crippen LogP contribution in [-0.2, 0) is 10.2 Å². The third kappa shape index (κ3) is 4.34. The number of rotatable bonds is 5. The zero-order chi connectivity index (χ0) is 14.4. The summed E-state index contributed by atoms with van der Waals surface area (Å²) >= 11 is 0. The van der Waals surface area contributed by atoms with Crippen molar-refractivity contribution in [1.29, 1.82) is 0 Å². The first-order chi connectivity index (χ1) is 9.58. The van der Waals surface area contributed by atoms with E-state index in [1.165, 1.54) is 18.4 Å². The minimum atomic E-state index is -0.115. The Hall–Kier alpha value is -1.35. The molecule has 0 bridgehead atoms. The van der Waals surface area contributed by atoms with Gasteiger partial charge in [0.1, 0.15) is 0 Å². The molecule has 2 N–H and O–H groups in total. The van der Waals surface area contributed by atoms with Gasteiger partial charge in [-0.2, -0.15) is 0 Å². The topological polar surface area (TPSA) is 41.1 Å². The van der Waals surface area contributed by atoms with Crippen LogP contribution in [-0.4, -0.2) is 25.5 Å². The van der Waals surface area contributed by atoms with Crippen LogP contribution in [0.1, 0.15) is 38.7 Å². The molecule has 0 aliphatic carbocycles. The molecule has 1 saturated heterocycles. The van der Waals surface area contributed by atoms with Crippen molar-refractivity contribution in [3.05, 3.63) is 35.9 Å². The Morgan fingerprint density at radius 2 is 2.10 bits per heavy atom. The summed E-state index contributed by atoms with van der Waals surface area (Å²) < 4.78 is 0. The second-order valence-corrected chi connectivity index (χ2v) is 6.44. The fourth-order valence-electron chi connectivity index (χ4n) is 2.81. The van der Waals surface area contributed by atoms with Gasteiger partial charge in [0, 0.05) is 13.0 Å². The highest BCUT2D eigenvalue weighted by Gasteiger charge is 2.24. The lowest BCUT2D eigenvalue weighted by atomic mass is 9.81. The number of carbonyl (C=O) groups is 1. The molecule has 1 amide bonds. The molecule has 0 aromatic heterocycles. The lowest BCUT2D eigenvalue weighted by Gasteiger charge is -2.26. The minimum absolute atomic E-state index is 0.115. The highest BCUT2D eigenvalue weighted by atomic mass is 16.1. The lowest BCUT2D eigenvalue weighted by molar-refractivity contribution is -0.122. The third-order valence-electron chi connectivity index (χ3n) is 4.14. The molecule has 0 saturated carbocycles. The minimum Gasteiger partial charge on any atom is -0.356 e. The number of benzene rings is 1. The summed E-state index contributed by atoms with van der Waals surface area (Å²) in [5, 5.41) is 6.48. The first kappa shape index (κ1) is 15.0. The fraction of sp³-hybridized carbons (Fsp3) is 0.588. The Labute approximate surface area is 122 Å². The summed E-state index contributed by atoms with van der Waals surface area (Å²) in [6.45, 7) is 7.21. The van der Waals surface area contributed by atoms with Crippen LogP contribution in [0.15, 0.2) is 30.3 Å². The Balaban J connectivity index is 1.81. The first-order valence-electron chi connectivity index (χ1n) is 7.61. The fourth-order valence-corrected chi connectivity index (χ4v) is 2.81. The van der Waals surface area contributed by atoms with E-state index in [4.69, 9.17) is 0 Å². The number of hydrogen-bond acceptors (Lipinski definition) is 2. The van der Waals surface area contributed by atoms with Crippen molar-refractivity contribution in [1.82, 2.24) is 10.6 Å². The van der Waals surface area contributed by atoms with Crippen molar-refractivity contribution in [2.45, 2.75) is 38.5 Å². The van der Waals surface area contributed by atoms with Crippen molar-refractivity contribution in [2.24, 2.45) is 5.92 Å². The normalized spacial score (nSPS) is 19.6. The largest absolute Gasteiger partial charge is 0.356 e. The molecule has 1 aliphatic rings. The van der Waals surface area contributed by atoms with Gasteiger partial charge in [-0.25, -0.2) is 0 Å². The maximum absolute atomic E-state index is 12.1. The van der Waals surface area contributed by atoms with Gasteiger partial charge in [-0.1, -0.05) is 44.2 Å². The van der Waals surface area contributed by atoms with Gasteiger partial charge in [0.2, 0.25) is 5.91 Å². The summed E-state index contributed by atoms with van der Waals surface area (Å²) in [5.41, 5.74) is 1.10. The van der Waals surface area contributed by atoms with Crippen LogP contribution >= 0.6 is 0 Å². The van der Waals surface area contributed by atoms with E-state index in [0.29, 0.717) is 12.3 Å². The van der Waals surface area contributed by atoms with Gasteiger partial charge < -0.3 is 10.6 Å². The highest BCUT2D eigenvalue weighted by Crippen LogP contribution is 2.26. The Morgan fingerprint density at radius 1 is 1.35 bits per heavy atom. The summed E-state index contributed by atoms with van der Waals surface area (Å²) in [6.07, 6.45) is 2.97. The van der Waals surface area contributed by atoms with Crippen molar-refractivity contribution >= 4 is 5.91 Å². The molecule has 20 heavy (non-hydrogen) atoms. The van der Waals surface area contributed by atoms with Gasteiger partial charge in [0.05, 0.1) is 0 Å². The molecular formula is C17H26N2O. The molecule has 3 heteroatoms. The van der Waals surface area contributed by atoms with Gasteiger partial charge in [0.15, 0.2) is 0 Å². The quantitative estimate of drug-likeness (QED) is 0.866. The van der Waals surface area contributed by atoms with Crippen molar-refractivity contribution in [3.63, 3.8) is 0 Å². The summed E-state index contributed by atoms with van der Waals surface area (Å²) in [6, 6.07) is 10.3. The SMILES string of the molecule is CC(C)(CC(=O)NCC1CCCNC1)c1ccccc1. The highest BCUT2D eigenvalue weighted by molar-refractivity contribution is 5.77. The van der Waals surface area contributed by atoms with Gasteiger partial charge in [-0.15, -0.1) is 0 Å². The van der Waals surface area contributed by atoms with Crippen LogP contribution in [0.4, 0.5) is 0 Å². The van der Waals surface area contributed by atoms with E-state index in [0.717, 1.165) is 19.6 Å². The first-order valence-corrected chi connectivity index (χ1v) is 7.61. The number of carbonyl (C=O) groups excluding carboxylic acids is 1. The Kier molecular flexibility index (Phi) is 5.18.